The van der Waals surface area contributed by atoms with E-state index in [-0.39, 0.29) is 34.4 Å². The maximum Gasteiger partial charge on any atom is 0.243 e. The van der Waals surface area contributed by atoms with E-state index in [1.165, 1.54) is 0 Å². The topological polar surface area (TPSA) is 91.8 Å². The first-order valence-electron chi connectivity index (χ1n) is 13.2. The standard InChI is InChI=1S/C30H28F2N2O5S4/c31-25-11-15-27(16-12-25)42(36,37)33(19-23-7-3-1-4-8-23)29-21-41(35,40)22-30(29)34(20-24-9-5-2-6-10-24)43(38,39)28-17-13-26(32)14-18-28/h1-18,29-30H,19-22H2/t29-,30-/m0/s1. The first kappa shape index (κ1) is 31.4. The van der Waals surface area contributed by atoms with Gasteiger partial charge in [-0.05, 0) is 70.8 Å². The Hall–Kier alpha value is -3.07. The van der Waals surface area contributed by atoms with Crippen LogP contribution in [0.15, 0.2) is 119 Å². The van der Waals surface area contributed by atoms with Crippen LogP contribution in [0.3, 0.4) is 0 Å². The highest BCUT2D eigenvalue weighted by Crippen LogP contribution is 2.34. The summed E-state index contributed by atoms with van der Waals surface area (Å²) in [4.78, 5) is -0.412. The Morgan fingerprint density at radius 1 is 0.605 bits per heavy atom. The van der Waals surface area contributed by atoms with E-state index in [0.29, 0.717) is 11.1 Å². The molecule has 7 nitrogen and oxygen atoms in total. The Morgan fingerprint density at radius 2 is 0.930 bits per heavy atom. The Morgan fingerprint density at radius 3 is 1.26 bits per heavy atom. The summed E-state index contributed by atoms with van der Waals surface area (Å²) in [5, 5.41) is 0. The van der Waals surface area contributed by atoms with Gasteiger partial charge >= 0.3 is 0 Å². The zero-order chi connectivity index (χ0) is 30.8. The van der Waals surface area contributed by atoms with E-state index in [4.69, 9.17) is 11.2 Å². The minimum absolute atomic E-state index is 0.178. The van der Waals surface area contributed by atoms with Crippen LogP contribution in [0.1, 0.15) is 11.1 Å². The van der Waals surface area contributed by atoms with Crippen LogP contribution in [0.5, 0.6) is 0 Å². The molecule has 0 radical (unpaired) electrons. The molecule has 1 fully saturated rings. The van der Waals surface area contributed by atoms with E-state index in [1.807, 2.05) is 0 Å². The zero-order valence-corrected chi connectivity index (χ0v) is 26.0. The molecule has 1 aliphatic heterocycles. The van der Waals surface area contributed by atoms with Gasteiger partial charge in [0.05, 0.1) is 21.9 Å². The number of sulfonamides is 2. The van der Waals surface area contributed by atoms with Gasteiger partial charge in [-0.3, -0.25) is 4.21 Å². The van der Waals surface area contributed by atoms with Gasteiger partial charge in [-0.1, -0.05) is 60.7 Å². The molecule has 0 aliphatic carbocycles. The van der Waals surface area contributed by atoms with Crippen molar-refractivity contribution in [1.82, 2.24) is 8.61 Å². The van der Waals surface area contributed by atoms with Crippen LogP contribution in [0.2, 0.25) is 0 Å². The third-order valence-corrected chi connectivity index (χ3v) is 13.5. The fraction of sp³-hybridized carbons (Fsp3) is 0.200. The van der Waals surface area contributed by atoms with Crippen molar-refractivity contribution in [3.63, 3.8) is 0 Å². The van der Waals surface area contributed by atoms with E-state index >= 15 is 0 Å². The van der Waals surface area contributed by atoms with Gasteiger partial charge in [0.15, 0.2) is 0 Å². The van der Waals surface area contributed by atoms with E-state index in [9.17, 15) is 29.8 Å². The van der Waals surface area contributed by atoms with Crippen molar-refractivity contribution in [3.05, 3.63) is 132 Å². The molecule has 0 spiro atoms. The average molecular weight is 663 g/mol. The molecule has 43 heavy (non-hydrogen) atoms. The molecule has 5 rings (SSSR count). The summed E-state index contributed by atoms with van der Waals surface area (Å²) in [6, 6.07) is 23.7. The van der Waals surface area contributed by atoms with Crippen LogP contribution in [-0.4, -0.2) is 53.2 Å². The van der Waals surface area contributed by atoms with E-state index in [0.717, 1.165) is 57.1 Å². The van der Waals surface area contributed by atoms with E-state index < -0.39 is 52.3 Å². The Kier molecular flexibility index (Phi) is 9.12. The van der Waals surface area contributed by atoms with Gasteiger partial charge < -0.3 is 0 Å². The molecular formula is C30H28F2N2O5S4. The molecule has 1 heterocycles. The molecule has 1 aliphatic rings. The highest BCUT2D eigenvalue weighted by molar-refractivity contribution is 8.33. The van der Waals surface area contributed by atoms with E-state index in [1.54, 1.807) is 60.7 Å². The zero-order valence-electron chi connectivity index (χ0n) is 22.7. The SMILES string of the molecule is O=S(=O)(c1ccc(F)cc1)N(Cc1ccccc1)[C@H]1CS(=O)(=S)C[C@@H]1N(Cc1ccccc1)S(=O)(=O)c1ccc(F)cc1. The monoisotopic (exact) mass is 662 g/mol. The van der Waals surface area contributed by atoms with Crippen molar-refractivity contribution in [2.75, 3.05) is 11.5 Å². The number of hydrogen-bond donors (Lipinski definition) is 0. The second-order valence-electron chi connectivity index (χ2n) is 10.2. The molecule has 4 aromatic rings. The Balaban J connectivity index is 1.67. The summed E-state index contributed by atoms with van der Waals surface area (Å²) in [6.07, 6.45) is 0. The van der Waals surface area contributed by atoms with Gasteiger partial charge in [-0.15, -0.1) is 0 Å². The molecule has 226 valence electrons. The summed E-state index contributed by atoms with van der Waals surface area (Å²) in [5.74, 6) is -1.80. The van der Waals surface area contributed by atoms with Gasteiger partial charge in [0.1, 0.15) is 11.6 Å². The summed E-state index contributed by atoms with van der Waals surface area (Å²) in [7, 11) is -11.9. The number of hydrogen-bond acceptors (Lipinski definition) is 6. The molecule has 0 bridgehead atoms. The summed E-state index contributed by atoms with van der Waals surface area (Å²) >= 11 is 5.43. The number of nitrogens with zero attached hydrogens (tertiary/aromatic N) is 2. The normalized spacial score (nSPS) is 18.7. The third kappa shape index (κ3) is 7.03. The van der Waals surface area contributed by atoms with Crippen molar-refractivity contribution in [1.29, 1.82) is 0 Å². The highest BCUT2D eigenvalue weighted by Gasteiger charge is 2.49. The smallest absolute Gasteiger partial charge is 0.243 e. The van der Waals surface area contributed by atoms with Crippen LogP contribution in [0.25, 0.3) is 0 Å². The maximum absolute atomic E-state index is 14.2. The van der Waals surface area contributed by atoms with Crippen molar-refractivity contribution in [3.8, 4) is 0 Å². The molecule has 13 heteroatoms. The quantitative estimate of drug-likeness (QED) is 0.248. The van der Waals surface area contributed by atoms with Crippen molar-refractivity contribution >= 4 is 39.7 Å². The number of halogens is 2. The van der Waals surface area contributed by atoms with Crippen LogP contribution >= 0.6 is 0 Å². The number of rotatable bonds is 10. The minimum Gasteiger partial charge on any atom is -0.257 e. The molecular weight excluding hydrogens is 635 g/mol. The lowest BCUT2D eigenvalue weighted by molar-refractivity contribution is 0.219. The van der Waals surface area contributed by atoms with Crippen molar-refractivity contribution in [2.24, 2.45) is 0 Å². The maximum atomic E-state index is 14.2. The lowest BCUT2D eigenvalue weighted by atomic mass is 10.1. The van der Waals surface area contributed by atoms with E-state index in [2.05, 4.69) is 0 Å². The molecule has 2 atom stereocenters. The molecule has 0 unspecified atom stereocenters. The van der Waals surface area contributed by atoms with Crippen molar-refractivity contribution < 1.29 is 29.8 Å². The Labute approximate surface area is 255 Å². The van der Waals surface area contributed by atoms with Crippen LogP contribution in [0, 0.1) is 11.6 Å². The van der Waals surface area contributed by atoms with Gasteiger partial charge in [-0.25, -0.2) is 25.6 Å². The lowest BCUT2D eigenvalue weighted by Crippen LogP contribution is -2.54. The minimum atomic E-state index is -4.38. The average Bonchev–Trinajstić information content (AvgIpc) is 3.30. The summed E-state index contributed by atoms with van der Waals surface area (Å²) in [6.45, 7) is -0.356. The van der Waals surface area contributed by atoms with Crippen LogP contribution in [-0.2, 0) is 52.8 Å². The second kappa shape index (κ2) is 12.5. The lowest BCUT2D eigenvalue weighted by Gasteiger charge is -2.37. The van der Waals surface area contributed by atoms with Gasteiger partial charge in [0, 0.05) is 33.1 Å². The molecule has 1 saturated heterocycles. The highest BCUT2D eigenvalue weighted by atomic mass is 32.8. The largest absolute Gasteiger partial charge is 0.257 e. The summed E-state index contributed by atoms with van der Waals surface area (Å²) in [5.41, 5.74) is 1.21. The molecule has 0 saturated carbocycles. The third-order valence-electron chi connectivity index (χ3n) is 7.24. The number of benzene rings is 4. The first-order chi connectivity index (χ1) is 20.4. The van der Waals surface area contributed by atoms with Crippen LogP contribution < -0.4 is 0 Å². The Bertz CT molecular complexity index is 1760. The fourth-order valence-corrected chi connectivity index (χ4v) is 11.4. The predicted molar refractivity (Wildman–Crippen MR) is 164 cm³/mol. The first-order valence-corrected chi connectivity index (χ1v) is 18.9. The van der Waals surface area contributed by atoms with Gasteiger partial charge in [-0.2, -0.15) is 8.61 Å². The van der Waals surface area contributed by atoms with Gasteiger partial charge in [0.2, 0.25) is 20.0 Å². The second-order valence-corrected chi connectivity index (χ2v) is 17.9. The molecule has 0 aromatic heterocycles. The van der Waals surface area contributed by atoms with Crippen molar-refractivity contribution in [2.45, 2.75) is 35.0 Å². The predicted octanol–water partition coefficient (Wildman–Crippen LogP) is 4.54. The molecule has 4 aromatic carbocycles. The molecule has 0 N–H and O–H groups in total. The van der Waals surface area contributed by atoms with Crippen LogP contribution in [0.4, 0.5) is 8.78 Å². The molecule has 0 amide bonds. The van der Waals surface area contributed by atoms with Gasteiger partial charge in [0.25, 0.3) is 0 Å². The fourth-order valence-electron chi connectivity index (χ4n) is 5.13. The summed E-state index contributed by atoms with van der Waals surface area (Å²) < 4.78 is 100.